The molecule has 0 aliphatic carbocycles. The lowest BCUT2D eigenvalue weighted by Crippen LogP contribution is -2.04. The SMILES string of the molecule is O=C(CCl)OC/C=C/c1ccc(Cl)cc1. The van der Waals surface area contributed by atoms with Gasteiger partial charge >= 0.3 is 5.97 Å². The second kappa shape index (κ2) is 6.49. The summed E-state index contributed by atoms with van der Waals surface area (Å²) in [5, 5.41) is 0.695. The van der Waals surface area contributed by atoms with E-state index in [0.717, 1.165) is 5.56 Å². The summed E-state index contributed by atoms with van der Waals surface area (Å²) < 4.78 is 4.75. The van der Waals surface area contributed by atoms with Crippen molar-refractivity contribution >= 4 is 35.2 Å². The highest BCUT2D eigenvalue weighted by molar-refractivity contribution is 6.30. The van der Waals surface area contributed by atoms with E-state index in [9.17, 15) is 4.79 Å². The van der Waals surface area contributed by atoms with Crippen LogP contribution < -0.4 is 0 Å². The average Bonchev–Trinajstić information content (AvgIpc) is 2.26. The Morgan fingerprint density at radius 3 is 2.60 bits per heavy atom. The third-order valence-electron chi connectivity index (χ3n) is 1.63. The Morgan fingerprint density at radius 1 is 1.33 bits per heavy atom. The summed E-state index contributed by atoms with van der Waals surface area (Å²) in [4.78, 5) is 10.7. The maximum atomic E-state index is 10.7. The van der Waals surface area contributed by atoms with Crippen molar-refractivity contribution in [3.05, 3.63) is 40.9 Å². The first-order valence-corrected chi connectivity index (χ1v) is 5.27. The van der Waals surface area contributed by atoms with E-state index in [1.165, 1.54) is 0 Å². The largest absolute Gasteiger partial charge is 0.461 e. The summed E-state index contributed by atoms with van der Waals surface area (Å²) in [6.07, 6.45) is 3.59. The van der Waals surface area contributed by atoms with Gasteiger partial charge in [-0.3, -0.25) is 4.79 Å². The smallest absolute Gasteiger partial charge is 0.321 e. The molecule has 15 heavy (non-hydrogen) atoms. The lowest BCUT2D eigenvalue weighted by molar-refractivity contribution is -0.139. The van der Waals surface area contributed by atoms with Crippen LogP contribution in [-0.4, -0.2) is 18.5 Å². The molecule has 4 heteroatoms. The number of hydrogen-bond donors (Lipinski definition) is 0. The van der Waals surface area contributed by atoms with Gasteiger partial charge in [0.1, 0.15) is 12.5 Å². The molecule has 0 saturated carbocycles. The summed E-state index contributed by atoms with van der Waals surface area (Å²) in [6.45, 7) is 0.230. The predicted molar refractivity (Wildman–Crippen MR) is 62.2 cm³/mol. The zero-order chi connectivity index (χ0) is 11.1. The molecular formula is C11H10Cl2O2. The van der Waals surface area contributed by atoms with Crippen LogP contribution in [0, 0.1) is 0 Å². The van der Waals surface area contributed by atoms with Gasteiger partial charge < -0.3 is 4.74 Å². The van der Waals surface area contributed by atoms with Crippen LogP contribution in [0.1, 0.15) is 5.56 Å². The number of halogens is 2. The van der Waals surface area contributed by atoms with E-state index < -0.39 is 5.97 Å². The fourth-order valence-electron chi connectivity index (χ4n) is 0.938. The zero-order valence-electron chi connectivity index (χ0n) is 7.95. The highest BCUT2D eigenvalue weighted by Gasteiger charge is 1.95. The number of esters is 1. The summed E-state index contributed by atoms with van der Waals surface area (Å²) in [6, 6.07) is 7.35. The second-order valence-corrected chi connectivity index (χ2v) is 3.47. The van der Waals surface area contributed by atoms with Crippen LogP contribution in [0.2, 0.25) is 5.02 Å². The van der Waals surface area contributed by atoms with E-state index in [0.29, 0.717) is 5.02 Å². The third-order valence-corrected chi connectivity index (χ3v) is 2.10. The second-order valence-electron chi connectivity index (χ2n) is 2.77. The van der Waals surface area contributed by atoms with E-state index >= 15 is 0 Å². The molecule has 0 aromatic heterocycles. The normalized spacial score (nSPS) is 10.5. The highest BCUT2D eigenvalue weighted by Crippen LogP contribution is 2.10. The number of rotatable bonds is 4. The van der Waals surface area contributed by atoms with Crippen LogP contribution in [0.3, 0.4) is 0 Å². The maximum Gasteiger partial charge on any atom is 0.321 e. The number of alkyl halides is 1. The number of ether oxygens (including phenoxy) is 1. The molecule has 0 amide bonds. The molecule has 80 valence electrons. The summed E-state index contributed by atoms with van der Waals surface area (Å²) >= 11 is 11.0. The Balaban J connectivity index is 2.38. The third kappa shape index (κ3) is 4.86. The van der Waals surface area contributed by atoms with Gasteiger partial charge in [-0.2, -0.15) is 0 Å². The Bertz CT molecular complexity index is 344. The molecule has 1 aromatic rings. The topological polar surface area (TPSA) is 26.3 Å². The van der Waals surface area contributed by atoms with Crippen molar-refractivity contribution in [1.29, 1.82) is 0 Å². The van der Waals surface area contributed by atoms with Gasteiger partial charge in [0.2, 0.25) is 0 Å². The van der Waals surface area contributed by atoms with Crippen molar-refractivity contribution in [2.45, 2.75) is 0 Å². The van der Waals surface area contributed by atoms with Crippen molar-refractivity contribution in [2.75, 3.05) is 12.5 Å². The minimum Gasteiger partial charge on any atom is -0.461 e. The standard InChI is InChI=1S/C11H10Cl2O2/c12-8-11(14)15-7-1-2-9-3-5-10(13)6-4-9/h1-6H,7-8H2/b2-1+. The van der Waals surface area contributed by atoms with Gasteiger partial charge in [-0.25, -0.2) is 0 Å². The molecule has 0 N–H and O–H groups in total. The van der Waals surface area contributed by atoms with Crippen molar-refractivity contribution in [3.8, 4) is 0 Å². The van der Waals surface area contributed by atoms with Crippen LogP contribution in [0.25, 0.3) is 6.08 Å². The Hall–Kier alpha value is -0.990. The van der Waals surface area contributed by atoms with Gasteiger partial charge in [-0.05, 0) is 23.8 Å². The molecule has 0 heterocycles. The van der Waals surface area contributed by atoms with Crippen molar-refractivity contribution < 1.29 is 9.53 Å². The fourth-order valence-corrected chi connectivity index (χ4v) is 1.14. The maximum absolute atomic E-state index is 10.7. The molecule has 0 atom stereocenters. The Morgan fingerprint density at radius 2 is 2.00 bits per heavy atom. The van der Waals surface area contributed by atoms with E-state index in [-0.39, 0.29) is 12.5 Å². The number of carbonyl (C=O) groups excluding carboxylic acids is 1. The molecule has 0 saturated heterocycles. The molecule has 0 unspecified atom stereocenters. The quantitative estimate of drug-likeness (QED) is 0.601. The molecule has 0 radical (unpaired) electrons. The van der Waals surface area contributed by atoms with Gasteiger partial charge in [0.25, 0.3) is 0 Å². The Kier molecular flexibility index (Phi) is 5.22. The van der Waals surface area contributed by atoms with Gasteiger partial charge in [-0.1, -0.05) is 29.8 Å². The van der Waals surface area contributed by atoms with Gasteiger partial charge in [0.05, 0.1) is 0 Å². The van der Waals surface area contributed by atoms with Gasteiger partial charge in [0.15, 0.2) is 0 Å². The van der Waals surface area contributed by atoms with Gasteiger partial charge in [-0.15, -0.1) is 11.6 Å². The number of carbonyl (C=O) groups is 1. The molecular weight excluding hydrogens is 235 g/mol. The van der Waals surface area contributed by atoms with E-state index in [2.05, 4.69) is 0 Å². The molecule has 0 aliphatic rings. The van der Waals surface area contributed by atoms with Crippen molar-refractivity contribution in [2.24, 2.45) is 0 Å². The first-order chi connectivity index (χ1) is 7.22. The van der Waals surface area contributed by atoms with Crippen LogP contribution in [0.5, 0.6) is 0 Å². The number of benzene rings is 1. The predicted octanol–water partition coefficient (Wildman–Crippen LogP) is 3.14. The van der Waals surface area contributed by atoms with Crippen LogP contribution in [-0.2, 0) is 9.53 Å². The Labute approximate surface area is 98.4 Å². The van der Waals surface area contributed by atoms with Crippen LogP contribution in [0.15, 0.2) is 30.3 Å². The summed E-state index contributed by atoms with van der Waals surface area (Å²) in [5.41, 5.74) is 1.00. The first kappa shape index (κ1) is 12.1. The fraction of sp³-hybridized carbons (Fsp3) is 0.182. The van der Waals surface area contributed by atoms with E-state index in [1.54, 1.807) is 18.2 Å². The van der Waals surface area contributed by atoms with Crippen LogP contribution in [0.4, 0.5) is 0 Å². The lowest BCUT2D eigenvalue weighted by Gasteiger charge is -1.97. The lowest BCUT2D eigenvalue weighted by atomic mass is 10.2. The molecule has 0 bridgehead atoms. The van der Waals surface area contributed by atoms with Crippen LogP contribution >= 0.6 is 23.2 Å². The molecule has 0 fully saturated rings. The minimum atomic E-state index is -0.419. The number of hydrogen-bond acceptors (Lipinski definition) is 2. The van der Waals surface area contributed by atoms with Gasteiger partial charge in [0, 0.05) is 5.02 Å². The zero-order valence-corrected chi connectivity index (χ0v) is 9.46. The monoisotopic (exact) mass is 244 g/mol. The summed E-state index contributed by atoms with van der Waals surface area (Å²) in [5.74, 6) is -0.535. The van der Waals surface area contributed by atoms with E-state index in [1.807, 2.05) is 18.2 Å². The molecule has 1 aromatic carbocycles. The molecule has 0 spiro atoms. The first-order valence-electron chi connectivity index (χ1n) is 4.36. The molecule has 0 aliphatic heterocycles. The van der Waals surface area contributed by atoms with Crippen molar-refractivity contribution in [1.82, 2.24) is 0 Å². The van der Waals surface area contributed by atoms with E-state index in [4.69, 9.17) is 27.9 Å². The summed E-state index contributed by atoms with van der Waals surface area (Å²) in [7, 11) is 0. The minimum absolute atomic E-state index is 0.116. The average molecular weight is 245 g/mol. The van der Waals surface area contributed by atoms with Crippen molar-refractivity contribution in [3.63, 3.8) is 0 Å². The highest BCUT2D eigenvalue weighted by atomic mass is 35.5. The molecule has 1 rings (SSSR count). The molecule has 2 nitrogen and oxygen atoms in total.